The zero-order valence-corrected chi connectivity index (χ0v) is 7.10. The third kappa shape index (κ3) is 1.93. The SMILES string of the molecule is CC1=CC(=C(C)C)CC(=O)O1. The molecule has 0 aromatic rings. The summed E-state index contributed by atoms with van der Waals surface area (Å²) in [5.74, 6) is 0.540. The fourth-order valence-electron chi connectivity index (χ4n) is 1.02. The number of carbonyl (C=O) groups is 1. The fraction of sp³-hybridized carbons (Fsp3) is 0.444. The molecule has 0 atom stereocenters. The molecule has 0 radical (unpaired) electrons. The van der Waals surface area contributed by atoms with E-state index in [1.54, 1.807) is 6.92 Å². The van der Waals surface area contributed by atoms with Gasteiger partial charge in [0.25, 0.3) is 0 Å². The number of esters is 1. The van der Waals surface area contributed by atoms with Crippen LogP contribution in [0.2, 0.25) is 0 Å². The molecular weight excluding hydrogens is 140 g/mol. The number of cyclic esters (lactones) is 1. The molecule has 0 saturated carbocycles. The Morgan fingerprint density at radius 2 is 2.18 bits per heavy atom. The molecule has 0 unspecified atom stereocenters. The average Bonchev–Trinajstić information content (AvgIpc) is 1.85. The van der Waals surface area contributed by atoms with Gasteiger partial charge < -0.3 is 4.74 Å². The Hall–Kier alpha value is -1.05. The van der Waals surface area contributed by atoms with Gasteiger partial charge in [0.15, 0.2) is 0 Å². The maximum atomic E-state index is 10.9. The topological polar surface area (TPSA) is 26.3 Å². The van der Waals surface area contributed by atoms with Crippen LogP contribution in [0.4, 0.5) is 0 Å². The number of ether oxygens (including phenoxy) is 1. The predicted octanol–water partition coefficient (Wildman–Crippen LogP) is 2.17. The van der Waals surface area contributed by atoms with Gasteiger partial charge in [0, 0.05) is 0 Å². The van der Waals surface area contributed by atoms with Gasteiger partial charge in [-0.05, 0) is 32.4 Å². The van der Waals surface area contributed by atoms with E-state index in [0.717, 1.165) is 5.57 Å². The van der Waals surface area contributed by atoms with Crippen LogP contribution in [0, 0.1) is 0 Å². The van der Waals surface area contributed by atoms with Crippen molar-refractivity contribution < 1.29 is 9.53 Å². The van der Waals surface area contributed by atoms with Crippen LogP contribution >= 0.6 is 0 Å². The number of rotatable bonds is 0. The molecule has 1 aliphatic heterocycles. The Bertz CT molecular complexity index is 242. The lowest BCUT2D eigenvalue weighted by Gasteiger charge is -2.13. The van der Waals surface area contributed by atoms with E-state index in [1.807, 2.05) is 19.9 Å². The van der Waals surface area contributed by atoms with Gasteiger partial charge in [-0.3, -0.25) is 4.79 Å². The van der Waals surface area contributed by atoms with Crippen LogP contribution < -0.4 is 0 Å². The fourth-order valence-corrected chi connectivity index (χ4v) is 1.02. The predicted molar refractivity (Wildman–Crippen MR) is 42.8 cm³/mol. The first-order valence-corrected chi connectivity index (χ1v) is 3.65. The van der Waals surface area contributed by atoms with Gasteiger partial charge in [-0.2, -0.15) is 0 Å². The van der Waals surface area contributed by atoms with E-state index < -0.39 is 0 Å². The summed E-state index contributed by atoms with van der Waals surface area (Å²) in [5.41, 5.74) is 2.26. The summed E-state index contributed by atoms with van der Waals surface area (Å²) < 4.78 is 4.85. The molecule has 11 heavy (non-hydrogen) atoms. The summed E-state index contributed by atoms with van der Waals surface area (Å²) in [4.78, 5) is 10.9. The molecule has 1 rings (SSSR count). The minimum absolute atomic E-state index is 0.152. The zero-order chi connectivity index (χ0) is 8.43. The Morgan fingerprint density at radius 1 is 1.55 bits per heavy atom. The van der Waals surface area contributed by atoms with E-state index in [0.29, 0.717) is 12.2 Å². The van der Waals surface area contributed by atoms with Crippen molar-refractivity contribution in [3.05, 3.63) is 23.0 Å². The number of hydrogen-bond donors (Lipinski definition) is 0. The van der Waals surface area contributed by atoms with E-state index in [2.05, 4.69) is 0 Å². The molecule has 0 spiro atoms. The average molecular weight is 152 g/mol. The van der Waals surface area contributed by atoms with Gasteiger partial charge in [0.1, 0.15) is 5.76 Å². The van der Waals surface area contributed by atoms with Crippen molar-refractivity contribution in [3.63, 3.8) is 0 Å². The van der Waals surface area contributed by atoms with Crippen LogP contribution in [0.15, 0.2) is 23.0 Å². The Morgan fingerprint density at radius 3 is 2.64 bits per heavy atom. The largest absolute Gasteiger partial charge is 0.431 e. The normalized spacial score (nSPS) is 17.5. The Labute approximate surface area is 66.5 Å². The molecule has 60 valence electrons. The minimum atomic E-state index is -0.152. The summed E-state index contributed by atoms with van der Waals surface area (Å²) >= 11 is 0. The second-order valence-corrected chi connectivity index (χ2v) is 2.93. The smallest absolute Gasteiger partial charge is 0.315 e. The second kappa shape index (κ2) is 2.91. The van der Waals surface area contributed by atoms with Crippen molar-refractivity contribution in [1.29, 1.82) is 0 Å². The van der Waals surface area contributed by atoms with E-state index in [4.69, 9.17) is 4.74 Å². The molecular formula is C9H12O2. The van der Waals surface area contributed by atoms with Crippen molar-refractivity contribution in [2.45, 2.75) is 27.2 Å². The Kier molecular flexibility index (Phi) is 2.13. The maximum Gasteiger partial charge on any atom is 0.315 e. The van der Waals surface area contributed by atoms with E-state index >= 15 is 0 Å². The number of carbonyl (C=O) groups excluding carboxylic acids is 1. The third-order valence-corrected chi connectivity index (χ3v) is 1.63. The number of allylic oxidation sites excluding steroid dienone is 3. The highest BCUT2D eigenvalue weighted by Gasteiger charge is 2.13. The molecule has 0 aromatic carbocycles. The van der Waals surface area contributed by atoms with Crippen LogP contribution in [0.25, 0.3) is 0 Å². The van der Waals surface area contributed by atoms with Crippen molar-refractivity contribution in [1.82, 2.24) is 0 Å². The number of hydrogen-bond acceptors (Lipinski definition) is 2. The molecule has 1 heterocycles. The third-order valence-electron chi connectivity index (χ3n) is 1.63. The van der Waals surface area contributed by atoms with Gasteiger partial charge in [-0.15, -0.1) is 0 Å². The highest BCUT2D eigenvalue weighted by Crippen LogP contribution is 2.19. The minimum Gasteiger partial charge on any atom is -0.431 e. The van der Waals surface area contributed by atoms with E-state index in [-0.39, 0.29) is 5.97 Å². The lowest BCUT2D eigenvalue weighted by Crippen LogP contribution is -2.09. The van der Waals surface area contributed by atoms with Crippen LogP contribution in [0.3, 0.4) is 0 Å². The molecule has 0 amide bonds. The standard InChI is InChI=1S/C9H12O2/c1-6(2)8-4-7(3)11-9(10)5-8/h4H,5H2,1-3H3. The van der Waals surface area contributed by atoms with Gasteiger partial charge >= 0.3 is 5.97 Å². The first-order chi connectivity index (χ1) is 5.09. The summed E-state index contributed by atoms with van der Waals surface area (Å²) in [6.07, 6.45) is 2.33. The molecule has 2 nitrogen and oxygen atoms in total. The lowest BCUT2D eigenvalue weighted by atomic mass is 10.1. The highest BCUT2D eigenvalue weighted by atomic mass is 16.5. The summed E-state index contributed by atoms with van der Waals surface area (Å²) in [7, 11) is 0. The van der Waals surface area contributed by atoms with Crippen molar-refractivity contribution in [3.8, 4) is 0 Å². The molecule has 0 saturated heterocycles. The molecule has 0 N–H and O–H groups in total. The molecule has 0 fully saturated rings. The molecule has 0 aromatic heterocycles. The second-order valence-electron chi connectivity index (χ2n) is 2.93. The van der Waals surface area contributed by atoms with Gasteiger partial charge in [-0.1, -0.05) is 5.57 Å². The van der Waals surface area contributed by atoms with Gasteiger partial charge in [0.05, 0.1) is 6.42 Å². The van der Waals surface area contributed by atoms with Gasteiger partial charge in [0.2, 0.25) is 0 Å². The first kappa shape index (κ1) is 8.05. The maximum absolute atomic E-state index is 10.9. The molecule has 0 bridgehead atoms. The van der Waals surface area contributed by atoms with E-state index in [9.17, 15) is 4.79 Å². The van der Waals surface area contributed by atoms with Crippen LogP contribution in [0.5, 0.6) is 0 Å². The monoisotopic (exact) mass is 152 g/mol. The summed E-state index contributed by atoms with van der Waals surface area (Å²) in [6, 6.07) is 0. The Balaban J connectivity index is 2.95. The van der Waals surface area contributed by atoms with Gasteiger partial charge in [-0.25, -0.2) is 0 Å². The molecule has 0 aliphatic carbocycles. The summed E-state index contributed by atoms with van der Waals surface area (Å²) in [6.45, 7) is 5.79. The van der Waals surface area contributed by atoms with Crippen LogP contribution in [-0.2, 0) is 9.53 Å². The quantitative estimate of drug-likeness (QED) is 0.497. The van der Waals surface area contributed by atoms with Crippen molar-refractivity contribution in [2.75, 3.05) is 0 Å². The first-order valence-electron chi connectivity index (χ1n) is 3.65. The van der Waals surface area contributed by atoms with Crippen LogP contribution in [0.1, 0.15) is 27.2 Å². The lowest BCUT2D eigenvalue weighted by molar-refractivity contribution is -0.139. The van der Waals surface area contributed by atoms with Crippen LogP contribution in [-0.4, -0.2) is 5.97 Å². The molecule has 2 heteroatoms. The van der Waals surface area contributed by atoms with Crippen molar-refractivity contribution in [2.24, 2.45) is 0 Å². The zero-order valence-electron chi connectivity index (χ0n) is 7.10. The van der Waals surface area contributed by atoms with E-state index in [1.165, 1.54) is 5.57 Å². The van der Waals surface area contributed by atoms with Crippen molar-refractivity contribution >= 4 is 5.97 Å². The summed E-state index contributed by atoms with van der Waals surface area (Å²) in [5, 5.41) is 0. The molecule has 1 aliphatic rings. The highest BCUT2D eigenvalue weighted by molar-refractivity contribution is 5.76.